The maximum Gasteiger partial charge on any atom is 0.339 e. The third-order valence-corrected chi connectivity index (χ3v) is 5.30. The summed E-state index contributed by atoms with van der Waals surface area (Å²) in [6.45, 7) is 5.77. The van der Waals surface area contributed by atoms with Crippen molar-refractivity contribution < 1.29 is 23.8 Å². The molecular weight excluding hydrogens is 340 g/mol. The average molecular weight is 360 g/mol. The maximum atomic E-state index is 12.3. The average Bonchev–Trinajstić information content (AvgIpc) is 3.12. The summed E-state index contributed by atoms with van der Waals surface area (Å²) in [6.07, 6.45) is 0.915. The number of hydrogen-bond donors (Lipinski definition) is 0. The van der Waals surface area contributed by atoms with Crippen LogP contribution in [0.15, 0.2) is 18.2 Å². The van der Waals surface area contributed by atoms with Crippen LogP contribution in [-0.4, -0.2) is 25.2 Å². The molecule has 2 aromatic rings. The molecule has 0 bridgehead atoms. The van der Waals surface area contributed by atoms with Crippen molar-refractivity contribution in [3.63, 3.8) is 0 Å². The Morgan fingerprint density at radius 2 is 1.96 bits per heavy atom. The number of esters is 1. The predicted molar refractivity (Wildman–Crippen MR) is 94.8 cm³/mol. The van der Waals surface area contributed by atoms with E-state index in [2.05, 4.69) is 0 Å². The van der Waals surface area contributed by atoms with E-state index in [1.54, 1.807) is 6.92 Å². The predicted octanol–water partition coefficient (Wildman–Crippen LogP) is 3.68. The summed E-state index contributed by atoms with van der Waals surface area (Å²) in [5.41, 5.74) is 2.49. The third-order valence-electron chi connectivity index (χ3n) is 4.01. The zero-order valence-electron chi connectivity index (χ0n) is 14.5. The van der Waals surface area contributed by atoms with Gasteiger partial charge in [0.05, 0.1) is 12.2 Å². The largest absolute Gasteiger partial charge is 0.462 e. The molecule has 1 aromatic heterocycles. The van der Waals surface area contributed by atoms with Crippen LogP contribution in [0.3, 0.4) is 0 Å². The van der Waals surface area contributed by atoms with E-state index < -0.39 is 0 Å². The molecule has 132 valence electrons. The van der Waals surface area contributed by atoms with Gasteiger partial charge >= 0.3 is 5.97 Å². The molecule has 1 aromatic carbocycles. The van der Waals surface area contributed by atoms with Gasteiger partial charge in [-0.1, -0.05) is 6.07 Å². The topological polar surface area (TPSA) is 61.8 Å². The first-order valence-corrected chi connectivity index (χ1v) is 8.97. The van der Waals surface area contributed by atoms with Crippen LogP contribution in [0.4, 0.5) is 0 Å². The van der Waals surface area contributed by atoms with E-state index >= 15 is 0 Å². The lowest BCUT2D eigenvalue weighted by molar-refractivity contribution is -0.116. The van der Waals surface area contributed by atoms with Crippen molar-refractivity contribution in [1.82, 2.24) is 0 Å². The van der Waals surface area contributed by atoms with Crippen LogP contribution in [0, 0.1) is 6.92 Å². The van der Waals surface area contributed by atoms with E-state index in [-0.39, 0.29) is 25.0 Å². The summed E-state index contributed by atoms with van der Waals surface area (Å²) >= 11 is 1.50. The molecule has 5 nitrogen and oxygen atoms in total. The molecule has 3 rings (SSSR count). The number of fused-ring (bicyclic) bond motifs is 1. The molecule has 2 heterocycles. The molecule has 0 spiro atoms. The van der Waals surface area contributed by atoms with Gasteiger partial charge < -0.3 is 14.2 Å². The molecule has 0 fully saturated rings. The number of thiophene rings is 1. The second-order valence-corrected chi connectivity index (χ2v) is 7.10. The van der Waals surface area contributed by atoms with E-state index in [9.17, 15) is 9.59 Å². The molecule has 0 saturated carbocycles. The van der Waals surface area contributed by atoms with Gasteiger partial charge in [-0.25, -0.2) is 4.79 Å². The van der Waals surface area contributed by atoms with E-state index in [0.29, 0.717) is 18.6 Å². The molecule has 0 saturated heterocycles. The summed E-state index contributed by atoms with van der Waals surface area (Å²) in [4.78, 5) is 25.7. The number of carbonyl (C=O) groups excluding carboxylic acids is 2. The number of ether oxygens (including phenoxy) is 3. The highest BCUT2D eigenvalue weighted by atomic mass is 32.1. The van der Waals surface area contributed by atoms with E-state index in [1.165, 1.54) is 18.3 Å². The Bertz CT molecular complexity index is 821. The molecule has 0 radical (unpaired) electrons. The summed E-state index contributed by atoms with van der Waals surface area (Å²) < 4.78 is 15.9. The lowest BCUT2D eigenvalue weighted by Crippen LogP contribution is -2.09. The fourth-order valence-corrected chi connectivity index (χ4v) is 4.26. The van der Waals surface area contributed by atoms with Gasteiger partial charge in [0.1, 0.15) is 5.78 Å². The minimum atomic E-state index is -0.357. The van der Waals surface area contributed by atoms with Crippen LogP contribution in [0.25, 0.3) is 0 Å². The van der Waals surface area contributed by atoms with Gasteiger partial charge in [-0.3, -0.25) is 4.79 Å². The Balaban J connectivity index is 1.93. The van der Waals surface area contributed by atoms with Gasteiger partial charge in [0.15, 0.2) is 11.5 Å². The molecule has 1 aliphatic heterocycles. The summed E-state index contributed by atoms with van der Waals surface area (Å²) in [5, 5.41) is 0. The van der Waals surface area contributed by atoms with Crippen molar-refractivity contribution in [3.8, 4) is 11.5 Å². The fraction of sp³-hybridized carbons (Fsp3) is 0.368. The standard InChI is InChI=1S/C19H20O5S/c1-4-22-19(21)18-12(3)16(25-17(18)7-11(2)20)9-13-5-6-14-15(8-13)24-10-23-14/h5-6,8H,4,7,9-10H2,1-3H3. The second-order valence-electron chi connectivity index (χ2n) is 5.91. The van der Waals surface area contributed by atoms with Crippen LogP contribution in [0.1, 0.15) is 45.1 Å². The zero-order valence-corrected chi connectivity index (χ0v) is 15.3. The van der Waals surface area contributed by atoms with Gasteiger partial charge in [0, 0.05) is 22.6 Å². The van der Waals surface area contributed by atoms with Gasteiger partial charge in [-0.15, -0.1) is 11.3 Å². The summed E-state index contributed by atoms with van der Waals surface area (Å²) in [7, 11) is 0. The molecule has 0 amide bonds. The highest BCUT2D eigenvalue weighted by Gasteiger charge is 2.23. The number of ketones is 1. The second kappa shape index (κ2) is 7.27. The lowest BCUT2D eigenvalue weighted by atomic mass is 10.0. The molecule has 1 aliphatic rings. The van der Waals surface area contributed by atoms with Gasteiger partial charge in [0.2, 0.25) is 6.79 Å². The van der Waals surface area contributed by atoms with Crippen LogP contribution in [0.5, 0.6) is 11.5 Å². The highest BCUT2D eigenvalue weighted by Crippen LogP contribution is 2.35. The Kier molecular flexibility index (Phi) is 5.08. The summed E-state index contributed by atoms with van der Waals surface area (Å²) in [5.74, 6) is 1.16. The van der Waals surface area contributed by atoms with Crippen molar-refractivity contribution in [1.29, 1.82) is 0 Å². The molecule has 0 atom stereocenters. The maximum absolute atomic E-state index is 12.3. The third kappa shape index (κ3) is 3.69. The van der Waals surface area contributed by atoms with Crippen molar-refractivity contribution >= 4 is 23.1 Å². The lowest BCUT2D eigenvalue weighted by Gasteiger charge is -2.05. The number of hydrogen-bond acceptors (Lipinski definition) is 6. The first-order valence-electron chi connectivity index (χ1n) is 8.15. The number of benzene rings is 1. The molecule has 6 heteroatoms. The normalized spacial score (nSPS) is 12.3. The number of carbonyl (C=O) groups is 2. The monoisotopic (exact) mass is 360 g/mol. The fourth-order valence-electron chi connectivity index (χ4n) is 2.85. The van der Waals surface area contributed by atoms with Crippen LogP contribution < -0.4 is 9.47 Å². The van der Waals surface area contributed by atoms with E-state index in [1.807, 2.05) is 25.1 Å². The Morgan fingerprint density at radius 3 is 2.68 bits per heavy atom. The molecule has 0 aliphatic carbocycles. The SMILES string of the molecule is CCOC(=O)c1c(CC(C)=O)sc(Cc2ccc3c(c2)OCO3)c1C. The molecule has 0 unspecified atom stereocenters. The van der Waals surface area contributed by atoms with Gasteiger partial charge in [-0.05, 0) is 44.0 Å². The minimum absolute atomic E-state index is 0.0291. The van der Waals surface area contributed by atoms with Gasteiger partial charge in [-0.2, -0.15) is 0 Å². The van der Waals surface area contributed by atoms with Crippen LogP contribution in [0.2, 0.25) is 0 Å². The minimum Gasteiger partial charge on any atom is -0.462 e. The van der Waals surface area contributed by atoms with Crippen molar-refractivity contribution in [2.45, 2.75) is 33.6 Å². The Labute approximate surface area is 150 Å². The molecule has 0 N–H and O–H groups in total. The van der Waals surface area contributed by atoms with Crippen LogP contribution >= 0.6 is 11.3 Å². The van der Waals surface area contributed by atoms with Crippen LogP contribution in [-0.2, 0) is 22.4 Å². The summed E-state index contributed by atoms with van der Waals surface area (Å²) in [6, 6.07) is 5.83. The van der Waals surface area contributed by atoms with Crippen molar-refractivity contribution in [2.75, 3.05) is 13.4 Å². The number of Topliss-reactive ketones (excluding diaryl/α,β-unsaturated/α-hetero) is 1. The Morgan fingerprint density at radius 1 is 1.20 bits per heavy atom. The van der Waals surface area contributed by atoms with Crippen molar-refractivity contribution in [2.24, 2.45) is 0 Å². The Hall–Kier alpha value is -2.34. The van der Waals surface area contributed by atoms with E-state index in [0.717, 1.165) is 32.4 Å². The number of rotatable bonds is 6. The molecule has 25 heavy (non-hydrogen) atoms. The quantitative estimate of drug-likeness (QED) is 0.735. The van der Waals surface area contributed by atoms with Gasteiger partial charge in [0.25, 0.3) is 0 Å². The smallest absolute Gasteiger partial charge is 0.339 e. The van der Waals surface area contributed by atoms with Crippen molar-refractivity contribution in [3.05, 3.63) is 44.6 Å². The first kappa shape index (κ1) is 17.5. The first-order chi connectivity index (χ1) is 12.0. The van der Waals surface area contributed by atoms with E-state index in [4.69, 9.17) is 14.2 Å². The highest BCUT2D eigenvalue weighted by molar-refractivity contribution is 7.12. The molecular formula is C19H20O5S. The zero-order chi connectivity index (χ0) is 18.0.